The Morgan fingerprint density at radius 1 is 1.47 bits per heavy atom. The van der Waals surface area contributed by atoms with E-state index in [1.807, 2.05) is 6.92 Å². The molecule has 2 nitrogen and oxygen atoms in total. The molecule has 0 bridgehead atoms. The monoisotopic (exact) mass is 233 g/mol. The second-order valence-corrected chi connectivity index (χ2v) is 3.51. The lowest BCUT2D eigenvalue weighted by molar-refractivity contribution is 0.140. The molecule has 0 saturated carbocycles. The maximum atomic E-state index is 12.9. The second kappa shape index (κ2) is 6.05. The van der Waals surface area contributed by atoms with Gasteiger partial charge in [0.05, 0.1) is 12.1 Å². The Hall–Kier alpha value is -0.640. The Morgan fingerprint density at radius 3 is 2.53 bits per heavy atom. The molecule has 86 valence electrons. The number of benzene rings is 1. The predicted octanol–water partition coefficient (Wildman–Crippen LogP) is 2.33. The summed E-state index contributed by atoms with van der Waals surface area (Å²) >= 11 is 0. The van der Waals surface area contributed by atoms with Crippen LogP contribution in [0.2, 0.25) is 0 Å². The lowest BCUT2D eigenvalue weighted by Gasteiger charge is -2.18. The average Bonchev–Trinajstić information content (AvgIpc) is 2.20. The van der Waals surface area contributed by atoms with Gasteiger partial charge in [0.25, 0.3) is 0 Å². The Morgan fingerprint density at radius 2 is 2.07 bits per heavy atom. The zero-order valence-electron chi connectivity index (χ0n) is 8.90. The number of halogens is 2. The van der Waals surface area contributed by atoms with Gasteiger partial charge < -0.3 is 10.8 Å². The smallest absolute Gasteiger partial charge is 0.126 e. The molecule has 0 saturated heterocycles. The van der Waals surface area contributed by atoms with Gasteiger partial charge in [-0.05, 0) is 30.5 Å². The van der Waals surface area contributed by atoms with Gasteiger partial charge in [-0.25, -0.2) is 4.39 Å². The molecule has 3 N–H and O–H groups in total. The van der Waals surface area contributed by atoms with Crippen LogP contribution in [0.4, 0.5) is 4.39 Å². The van der Waals surface area contributed by atoms with Crippen LogP contribution in [0.5, 0.6) is 0 Å². The lowest BCUT2D eigenvalue weighted by atomic mass is 9.99. The van der Waals surface area contributed by atoms with Gasteiger partial charge >= 0.3 is 0 Å². The van der Waals surface area contributed by atoms with Crippen LogP contribution < -0.4 is 5.73 Å². The van der Waals surface area contributed by atoms with Crippen LogP contribution in [0, 0.1) is 12.7 Å². The Balaban J connectivity index is 0.00000196. The van der Waals surface area contributed by atoms with Crippen LogP contribution in [0.1, 0.15) is 30.5 Å². The summed E-state index contributed by atoms with van der Waals surface area (Å²) in [7, 11) is 0. The summed E-state index contributed by atoms with van der Waals surface area (Å²) < 4.78 is 12.9. The van der Waals surface area contributed by atoms with Gasteiger partial charge in [-0.3, -0.25) is 0 Å². The summed E-state index contributed by atoms with van der Waals surface area (Å²) in [6, 6.07) is 4.25. The number of hydrogen-bond donors (Lipinski definition) is 2. The predicted molar refractivity (Wildman–Crippen MR) is 61.6 cm³/mol. The van der Waals surface area contributed by atoms with E-state index in [1.54, 1.807) is 19.1 Å². The van der Waals surface area contributed by atoms with Crippen molar-refractivity contribution in [3.63, 3.8) is 0 Å². The molecular weight excluding hydrogens is 217 g/mol. The van der Waals surface area contributed by atoms with E-state index in [2.05, 4.69) is 0 Å². The molecule has 1 rings (SSSR count). The Kier molecular flexibility index (Phi) is 5.80. The fourth-order valence-electron chi connectivity index (χ4n) is 1.35. The molecule has 0 aliphatic heterocycles. The molecule has 15 heavy (non-hydrogen) atoms. The first-order valence-corrected chi connectivity index (χ1v) is 4.76. The van der Waals surface area contributed by atoms with Crippen LogP contribution in [0.15, 0.2) is 18.2 Å². The van der Waals surface area contributed by atoms with Crippen molar-refractivity contribution in [2.75, 3.05) is 0 Å². The molecule has 1 aromatic carbocycles. The summed E-state index contributed by atoms with van der Waals surface area (Å²) in [6.07, 6.45) is 0.0253. The Bertz CT molecular complexity index is 319. The summed E-state index contributed by atoms with van der Waals surface area (Å²) in [5.41, 5.74) is 7.13. The van der Waals surface area contributed by atoms with E-state index in [-0.39, 0.29) is 18.2 Å². The first kappa shape index (κ1) is 14.4. The lowest BCUT2D eigenvalue weighted by Crippen LogP contribution is -2.25. The van der Waals surface area contributed by atoms with Crippen LogP contribution in [0.25, 0.3) is 0 Å². The highest BCUT2D eigenvalue weighted by atomic mass is 35.5. The van der Waals surface area contributed by atoms with Gasteiger partial charge in [-0.2, -0.15) is 0 Å². The zero-order chi connectivity index (χ0) is 10.7. The van der Waals surface area contributed by atoms with Crippen molar-refractivity contribution in [1.82, 2.24) is 0 Å². The third-order valence-corrected chi connectivity index (χ3v) is 2.40. The summed E-state index contributed by atoms with van der Waals surface area (Å²) in [5, 5.41) is 9.52. The van der Waals surface area contributed by atoms with Crippen molar-refractivity contribution in [3.8, 4) is 0 Å². The number of rotatable bonds is 3. The topological polar surface area (TPSA) is 46.2 Å². The van der Waals surface area contributed by atoms with Crippen molar-refractivity contribution in [1.29, 1.82) is 0 Å². The van der Waals surface area contributed by atoms with E-state index in [0.717, 1.165) is 5.56 Å². The quantitative estimate of drug-likeness (QED) is 0.842. The standard InChI is InChI=1S/C11H16FNO.ClH/c1-3-10(14)11(13)8-4-5-9(12)7(2)6-8;/h4-6,10-11,14H,3,13H2,1-2H3;1H/t10-,11+;/m0./s1. The summed E-state index contributed by atoms with van der Waals surface area (Å²) in [6.45, 7) is 3.55. The molecule has 0 fully saturated rings. The average molecular weight is 234 g/mol. The molecule has 0 radical (unpaired) electrons. The highest BCUT2D eigenvalue weighted by Gasteiger charge is 2.15. The largest absolute Gasteiger partial charge is 0.391 e. The maximum absolute atomic E-state index is 12.9. The number of hydrogen-bond acceptors (Lipinski definition) is 2. The van der Waals surface area contributed by atoms with Crippen LogP contribution in [-0.4, -0.2) is 11.2 Å². The fourth-order valence-corrected chi connectivity index (χ4v) is 1.35. The van der Waals surface area contributed by atoms with Crippen molar-refractivity contribution in [3.05, 3.63) is 35.1 Å². The SMILES string of the molecule is CC[C@H](O)[C@H](N)c1ccc(F)c(C)c1.Cl. The van der Waals surface area contributed by atoms with Crippen LogP contribution >= 0.6 is 12.4 Å². The van der Waals surface area contributed by atoms with Crippen LogP contribution in [0.3, 0.4) is 0 Å². The van der Waals surface area contributed by atoms with E-state index in [9.17, 15) is 9.50 Å². The minimum atomic E-state index is -0.570. The van der Waals surface area contributed by atoms with E-state index >= 15 is 0 Å². The number of aliphatic hydroxyl groups is 1. The van der Waals surface area contributed by atoms with Gasteiger partial charge in [-0.15, -0.1) is 12.4 Å². The van der Waals surface area contributed by atoms with Crippen molar-refractivity contribution in [2.24, 2.45) is 5.73 Å². The van der Waals surface area contributed by atoms with Crippen molar-refractivity contribution < 1.29 is 9.50 Å². The molecule has 1 aromatic rings. The first-order valence-electron chi connectivity index (χ1n) is 4.76. The van der Waals surface area contributed by atoms with E-state index in [1.165, 1.54) is 6.07 Å². The van der Waals surface area contributed by atoms with Gasteiger partial charge in [-0.1, -0.05) is 19.1 Å². The van der Waals surface area contributed by atoms with Crippen molar-refractivity contribution in [2.45, 2.75) is 32.4 Å². The molecule has 0 heterocycles. The molecule has 4 heteroatoms. The fraction of sp³-hybridized carbons (Fsp3) is 0.455. The molecule has 0 aromatic heterocycles. The van der Waals surface area contributed by atoms with E-state index in [4.69, 9.17) is 5.73 Å². The maximum Gasteiger partial charge on any atom is 0.126 e. The Labute approximate surface area is 95.7 Å². The van der Waals surface area contributed by atoms with Gasteiger partial charge in [0.1, 0.15) is 5.82 Å². The van der Waals surface area contributed by atoms with Gasteiger partial charge in [0.15, 0.2) is 0 Å². The number of nitrogens with two attached hydrogens (primary N) is 1. The van der Waals surface area contributed by atoms with Crippen LogP contribution in [-0.2, 0) is 0 Å². The summed E-state index contributed by atoms with van der Waals surface area (Å²) in [4.78, 5) is 0. The molecule has 0 amide bonds. The molecule has 2 atom stereocenters. The minimum Gasteiger partial charge on any atom is -0.391 e. The molecule has 0 unspecified atom stereocenters. The second-order valence-electron chi connectivity index (χ2n) is 3.51. The molecule has 0 aliphatic carbocycles. The molecule has 0 spiro atoms. The van der Waals surface area contributed by atoms with Gasteiger partial charge in [0.2, 0.25) is 0 Å². The highest BCUT2D eigenvalue weighted by Crippen LogP contribution is 2.18. The normalized spacial score (nSPS) is 14.2. The molecular formula is C11H17ClFNO. The van der Waals surface area contributed by atoms with E-state index in [0.29, 0.717) is 12.0 Å². The number of aliphatic hydroxyl groups excluding tert-OH is 1. The van der Waals surface area contributed by atoms with E-state index < -0.39 is 12.1 Å². The number of aryl methyl sites for hydroxylation is 1. The van der Waals surface area contributed by atoms with Crippen molar-refractivity contribution >= 4 is 12.4 Å². The highest BCUT2D eigenvalue weighted by molar-refractivity contribution is 5.85. The third-order valence-electron chi connectivity index (χ3n) is 2.40. The minimum absolute atomic E-state index is 0. The van der Waals surface area contributed by atoms with Gasteiger partial charge in [0, 0.05) is 0 Å². The molecule has 0 aliphatic rings. The zero-order valence-corrected chi connectivity index (χ0v) is 9.72. The summed E-state index contributed by atoms with van der Waals surface area (Å²) in [5.74, 6) is -0.244. The third kappa shape index (κ3) is 3.45. The first-order chi connectivity index (χ1) is 6.56.